The van der Waals surface area contributed by atoms with E-state index in [1.807, 2.05) is 0 Å². The molecule has 35 heavy (non-hydrogen) atoms. The molecule has 178 valence electrons. The number of aromatic nitrogens is 8. The maximum absolute atomic E-state index is 12.9. The van der Waals surface area contributed by atoms with Crippen LogP contribution in [0.15, 0.2) is 40.7 Å². The summed E-state index contributed by atoms with van der Waals surface area (Å²) in [5.41, 5.74) is 0.327. The van der Waals surface area contributed by atoms with Gasteiger partial charge in [-0.05, 0) is 25.2 Å². The highest BCUT2D eigenvalue weighted by atomic mass is 16.2. The number of aryl methyl sites for hydroxylation is 1. The van der Waals surface area contributed by atoms with Crippen molar-refractivity contribution in [3.05, 3.63) is 52.0 Å². The van der Waals surface area contributed by atoms with Crippen molar-refractivity contribution in [2.75, 3.05) is 23.3 Å². The van der Waals surface area contributed by atoms with Gasteiger partial charge in [0.25, 0.3) is 5.56 Å². The Kier molecular flexibility index (Phi) is 4.72. The zero-order valence-corrected chi connectivity index (χ0v) is 19.0. The van der Waals surface area contributed by atoms with Crippen LogP contribution in [-0.2, 0) is 11.8 Å². The van der Waals surface area contributed by atoms with Gasteiger partial charge in [0.15, 0.2) is 17.0 Å². The van der Waals surface area contributed by atoms with Gasteiger partial charge in [-0.2, -0.15) is 0 Å². The Balaban J connectivity index is 1.20. The fraction of sp³-hybridized carbons (Fsp3) is 0.364. The van der Waals surface area contributed by atoms with E-state index >= 15 is 0 Å². The molecule has 1 aliphatic carbocycles. The van der Waals surface area contributed by atoms with Crippen molar-refractivity contribution in [1.29, 1.82) is 0 Å². The van der Waals surface area contributed by atoms with Crippen LogP contribution in [0.5, 0.6) is 0 Å². The molecule has 4 aromatic heterocycles. The van der Waals surface area contributed by atoms with Gasteiger partial charge in [0.2, 0.25) is 11.9 Å². The predicted octanol–water partition coefficient (Wildman–Crippen LogP) is 0.326. The highest BCUT2D eigenvalue weighted by Crippen LogP contribution is 2.45. The van der Waals surface area contributed by atoms with E-state index in [2.05, 4.69) is 40.1 Å². The Labute approximate surface area is 197 Å². The molecule has 0 spiro atoms. The number of carbonyl (C=O) groups excluding carboxylic acids is 1. The van der Waals surface area contributed by atoms with E-state index in [1.54, 1.807) is 25.5 Å². The van der Waals surface area contributed by atoms with Crippen LogP contribution in [-0.4, -0.2) is 58.0 Å². The van der Waals surface area contributed by atoms with Crippen molar-refractivity contribution in [3.63, 3.8) is 0 Å². The number of piperidine rings is 1. The third-order valence-corrected chi connectivity index (χ3v) is 6.71. The molecule has 0 bridgehead atoms. The summed E-state index contributed by atoms with van der Waals surface area (Å²) in [4.78, 5) is 63.3. The van der Waals surface area contributed by atoms with Crippen LogP contribution in [0.3, 0.4) is 0 Å². The van der Waals surface area contributed by atoms with E-state index in [1.165, 1.54) is 35.1 Å². The van der Waals surface area contributed by atoms with Gasteiger partial charge in [0, 0.05) is 38.1 Å². The highest BCUT2D eigenvalue weighted by molar-refractivity contribution is 5.93. The second-order valence-electron chi connectivity index (χ2n) is 9.03. The second-order valence-corrected chi connectivity index (χ2v) is 9.03. The average molecular weight is 474 g/mol. The first-order valence-corrected chi connectivity index (χ1v) is 11.2. The monoisotopic (exact) mass is 474 g/mol. The fourth-order valence-electron chi connectivity index (χ4n) is 4.55. The number of hydrogen-bond acceptors (Lipinski definition) is 9. The molecular weight excluding hydrogens is 452 g/mol. The molecule has 0 aromatic carbocycles. The Morgan fingerprint density at radius 1 is 1.11 bits per heavy atom. The van der Waals surface area contributed by atoms with Crippen LogP contribution in [0.1, 0.15) is 19.4 Å². The molecule has 13 heteroatoms. The Morgan fingerprint density at radius 3 is 2.60 bits per heavy atom. The number of aromatic amines is 1. The third-order valence-electron chi connectivity index (χ3n) is 6.71. The summed E-state index contributed by atoms with van der Waals surface area (Å²) in [7, 11) is 1.49. The molecular formula is C22H22N10O3. The minimum absolute atomic E-state index is 0.127. The number of nitrogens with one attached hydrogen (secondary N) is 2. The minimum Gasteiger partial charge on any atom is -0.340 e. The van der Waals surface area contributed by atoms with Gasteiger partial charge in [0.1, 0.15) is 6.04 Å². The van der Waals surface area contributed by atoms with Crippen LogP contribution >= 0.6 is 0 Å². The lowest BCUT2D eigenvalue weighted by Gasteiger charge is -2.17. The van der Waals surface area contributed by atoms with Gasteiger partial charge in [-0.25, -0.2) is 24.7 Å². The molecule has 0 radical (unpaired) electrons. The quantitative estimate of drug-likeness (QED) is 0.416. The number of H-pyrrole nitrogens is 1. The molecule has 4 aromatic rings. The molecule has 2 aliphatic rings. The van der Waals surface area contributed by atoms with Crippen molar-refractivity contribution in [3.8, 4) is 11.3 Å². The number of imidazole rings is 1. The number of rotatable bonds is 5. The summed E-state index contributed by atoms with van der Waals surface area (Å²) in [5, 5.41) is 2.73. The van der Waals surface area contributed by atoms with Gasteiger partial charge < -0.3 is 14.8 Å². The molecule has 1 saturated heterocycles. The molecule has 2 unspecified atom stereocenters. The van der Waals surface area contributed by atoms with Crippen molar-refractivity contribution in [2.45, 2.75) is 19.4 Å². The smallest absolute Gasteiger partial charge is 0.329 e. The molecule has 2 N–H and O–H groups in total. The number of hydrogen-bond donors (Lipinski definition) is 2. The Bertz CT molecular complexity index is 1560. The number of fused-ring (bicyclic) bond motifs is 2. The standard InChI is InChI=1S/C22H22N10O3/c1-11(32-10-26-18-17(32)20(34)29-22(35)30(18)2)19(33)28-16-7-23-6-15(27-16)14-4-24-21(25-5-14)31-8-12-3-13(12)9-31/h4-7,10-13H,3,8-9H2,1-2H3,(H,27,28,33)(H,29,34,35)/t11-,12?,13?/m0/s1. The number of carbonyl (C=O) groups is 1. The molecule has 1 aliphatic heterocycles. The van der Waals surface area contributed by atoms with Crippen LogP contribution in [0, 0.1) is 11.8 Å². The third kappa shape index (κ3) is 3.64. The van der Waals surface area contributed by atoms with E-state index in [0.29, 0.717) is 17.2 Å². The topological polar surface area (TPSA) is 157 Å². The van der Waals surface area contributed by atoms with Crippen LogP contribution in [0.25, 0.3) is 22.4 Å². The van der Waals surface area contributed by atoms with E-state index in [0.717, 1.165) is 24.9 Å². The second kappa shape index (κ2) is 7.82. The van der Waals surface area contributed by atoms with E-state index in [-0.39, 0.29) is 17.0 Å². The Hall–Kier alpha value is -4.42. The van der Waals surface area contributed by atoms with Crippen LogP contribution in [0.2, 0.25) is 0 Å². The summed E-state index contributed by atoms with van der Waals surface area (Å²) in [5.74, 6) is 2.11. The fourth-order valence-corrected chi connectivity index (χ4v) is 4.55. The normalized spacial score (nSPS) is 19.5. The number of nitrogens with zero attached hydrogens (tertiary/aromatic N) is 8. The van der Waals surface area contributed by atoms with Gasteiger partial charge in [0.05, 0.1) is 24.4 Å². The van der Waals surface area contributed by atoms with Gasteiger partial charge >= 0.3 is 5.69 Å². The average Bonchev–Trinajstić information content (AvgIpc) is 3.25. The highest BCUT2D eigenvalue weighted by Gasteiger charge is 2.45. The van der Waals surface area contributed by atoms with Crippen molar-refractivity contribution >= 4 is 28.8 Å². The maximum atomic E-state index is 12.9. The van der Waals surface area contributed by atoms with Gasteiger partial charge in [-0.15, -0.1) is 0 Å². The predicted molar refractivity (Wildman–Crippen MR) is 126 cm³/mol. The SMILES string of the molecule is C[C@@H](C(=O)Nc1cncc(-c2cnc(N3CC4CC4C3)nc2)n1)n1cnc2c1c(=O)[nH]c(=O)n2C. The lowest BCUT2D eigenvalue weighted by molar-refractivity contribution is -0.118. The first-order chi connectivity index (χ1) is 16.9. The molecule has 2 fully saturated rings. The number of amides is 1. The summed E-state index contributed by atoms with van der Waals surface area (Å²) in [6, 6.07) is -0.807. The molecule has 1 saturated carbocycles. The zero-order valence-electron chi connectivity index (χ0n) is 19.0. The molecule has 5 heterocycles. The molecule has 6 rings (SSSR count). The largest absolute Gasteiger partial charge is 0.340 e. The lowest BCUT2D eigenvalue weighted by Crippen LogP contribution is -2.31. The van der Waals surface area contributed by atoms with Gasteiger partial charge in [-0.3, -0.25) is 24.1 Å². The van der Waals surface area contributed by atoms with Crippen LogP contribution in [0.4, 0.5) is 11.8 Å². The molecule has 3 atom stereocenters. The van der Waals surface area contributed by atoms with E-state index in [4.69, 9.17) is 0 Å². The summed E-state index contributed by atoms with van der Waals surface area (Å²) in [6.45, 7) is 3.64. The summed E-state index contributed by atoms with van der Waals surface area (Å²) < 4.78 is 2.63. The maximum Gasteiger partial charge on any atom is 0.329 e. The van der Waals surface area contributed by atoms with Gasteiger partial charge in [-0.1, -0.05) is 0 Å². The van der Waals surface area contributed by atoms with Crippen molar-refractivity contribution in [2.24, 2.45) is 18.9 Å². The number of anilines is 2. The lowest BCUT2D eigenvalue weighted by atomic mass is 10.2. The zero-order chi connectivity index (χ0) is 24.3. The van der Waals surface area contributed by atoms with E-state index < -0.39 is 23.2 Å². The van der Waals surface area contributed by atoms with Crippen LogP contribution < -0.4 is 21.5 Å². The summed E-state index contributed by atoms with van der Waals surface area (Å²) >= 11 is 0. The first kappa shape index (κ1) is 21.1. The molecule has 13 nitrogen and oxygen atoms in total. The van der Waals surface area contributed by atoms with Crippen molar-refractivity contribution < 1.29 is 4.79 Å². The van der Waals surface area contributed by atoms with E-state index in [9.17, 15) is 14.4 Å². The first-order valence-electron chi connectivity index (χ1n) is 11.2. The molecule has 1 amide bonds. The summed E-state index contributed by atoms with van der Waals surface area (Å²) in [6.07, 6.45) is 9.09. The Morgan fingerprint density at radius 2 is 1.86 bits per heavy atom. The van der Waals surface area contributed by atoms with Crippen molar-refractivity contribution in [1.82, 2.24) is 39.0 Å². The minimum atomic E-state index is -0.807.